The van der Waals surface area contributed by atoms with Crippen LogP contribution in [0.2, 0.25) is 5.02 Å². The lowest BCUT2D eigenvalue weighted by Crippen LogP contribution is -2.48. The first-order valence-electron chi connectivity index (χ1n) is 13.5. The predicted octanol–water partition coefficient (Wildman–Crippen LogP) is 2.76. The van der Waals surface area contributed by atoms with Crippen molar-refractivity contribution in [2.24, 2.45) is 0 Å². The number of aliphatic hydroxyl groups excluding tert-OH is 1. The standard InChI is InChI=1S/C28H32ClN5O6/c1-14(2)34-21-10-16(4-5-18(21)24(35)15(3)23(34)26(37)33-6-8-38-9-7-33)22-19(29)12-30-28(32-22)31-20-11-17-13-39-27(40-17)25(20)36/h4-5,10,12,14,17,20,25,27,36H,6-9,11,13H2,1-3H3,(H,30,31,32)/t17-,20+,25-,27+/m0/s1. The summed E-state index contributed by atoms with van der Waals surface area (Å²) in [5.74, 6) is 0.122. The zero-order chi connectivity index (χ0) is 28.1. The molecule has 12 heteroatoms. The number of morpholine rings is 1. The van der Waals surface area contributed by atoms with Gasteiger partial charge in [0.15, 0.2) is 11.7 Å². The molecule has 2 bridgehead atoms. The molecule has 2 N–H and O–H groups in total. The molecule has 40 heavy (non-hydrogen) atoms. The molecule has 4 atom stereocenters. The van der Waals surface area contributed by atoms with Crippen molar-refractivity contribution in [1.29, 1.82) is 0 Å². The van der Waals surface area contributed by atoms with Gasteiger partial charge in [0, 0.05) is 35.6 Å². The van der Waals surface area contributed by atoms with E-state index in [1.54, 1.807) is 24.0 Å². The first kappa shape index (κ1) is 27.1. The average Bonchev–Trinajstić information content (AvgIpc) is 3.37. The molecule has 1 amide bonds. The Kier molecular flexibility index (Phi) is 7.26. The van der Waals surface area contributed by atoms with Crippen LogP contribution in [-0.4, -0.2) is 87.9 Å². The van der Waals surface area contributed by atoms with Crippen LogP contribution in [0.25, 0.3) is 22.2 Å². The molecule has 1 aromatic carbocycles. The Morgan fingerprint density at radius 1 is 1.25 bits per heavy atom. The van der Waals surface area contributed by atoms with Crippen LogP contribution in [-0.2, 0) is 14.2 Å². The number of nitrogens with zero attached hydrogens (tertiary/aromatic N) is 4. The minimum Gasteiger partial charge on any atom is -0.386 e. The van der Waals surface area contributed by atoms with Gasteiger partial charge in [0.2, 0.25) is 5.95 Å². The molecule has 0 aliphatic carbocycles. The van der Waals surface area contributed by atoms with Gasteiger partial charge in [0.05, 0.1) is 54.4 Å². The summed E-state index contributed by atoms with van der Waals surface area (Å²) in [5, 5.41) is 14.7. The summed E-state index contributed by atoms with van der Waals surface area (Å²) in [7, 11) is 0. The van der Waals surface area contributed by atoms with Gasteiger partial charge in [-0.1, -0.05) is 17.7 Å². The third-order valence-electron chi connectivity index (χ3n) is 7.77. The maximum atomic E-state index is 13.7. The van der Waals surface area contributed by atoms with Gasteiger partial charge in [-0.25, -0.2) is 9.97 Å². The van der Waals surface area contributed by atoms with Crippen LogP contribution in [0.1, 0.15) is 42.4 Å². The van der Waals surface area contributed by atoms with Crippen molar-refractivity contribution < 1.29 is 24.1 Å². The summed E-state index contributed by atoms with van der Waals surface area (Å²) >= 11 is 6.57. The van der Waals surface area contributed by atoms with Gasteiger partial charge >= 0.3 is 0 Å². The molecule has 0 unspecified atom stereocenters. The molecule has 0 saturated carbocycles. The van der Waals surface area contributed by atoms with Crippen molar-refractivity contribution in [2.75, 3.05) is 38.2 Å². The van der Waals surface area contributed by atoms with Crippen LogP contribution < -0.4 is 10.7 Å². The van der Waals surface area contributed by atoms with Crippen molar-refractivity contribution in [3.8, 4) is 11.3 Å². The van der Waals surface area contributed by atoms with Gasteiger partial charge in [-0.2, -0.15) is 0 Å². The Bertz CT molecular complexity index is 1520. The van der Waals surface area contributed by atoms with Crippen LogP contribution in [0, 0.1) is 6.92 Å². The van der Waals surface area contributed by atoms with Crippen molar-refractivity contribution in [3.05, 3.63) is 50.9 Å². The highest BCUT2D eigenvalue weighted by Gasteiger charge is 2.43. The highest BCUT2D eigenvalue weighted by molar-refractivity contribution is 6.33. The molecule has 3 aliphatic rings. The van der Waals surface area contributed by atoms with Gasteiger partial charge in [-0.3, -0.25) is 9.59 Å². The number of fused-ring (bicyclic) bond motifs is 3. The third kappa shape index (κ3) is 4.75. The zero-order valence-corrected chi connectivity index (χ0v) is 23.3. The molecule has 2 aromatic heterocycles. The third-order valence-corrected chi connectivity index (χ3v) is 8.05. The van der Waals surface area contributed by atoms with E-state index in [4.69, 9.17) is 25.8 Å². The molecule has 6 rings (SSSR count). The van der Waals surface area contributed by atoms with Crippen molar-refractivity contribution in [3.63, 3.8) is 0 Å². The summed E-state index contributed by atoms with van der Waals surface area (Å²) < 4.78 is 18.4. The Hall–Kier alpha value is -3.09. The number of ether oxygens (including phenoxy) is 3. The number of aliphatic hydroxyl groups is 1. The van der Waals surface area contributed by atoms with Crippen molar-refractivity contribution in [1.82, 2.24) is 19.4 Å². The Morgan fingerprint density at radius 3 is 2.77 bits per heavy atom. The van der Waals surface area contributed by atoms with Gasteiger partial charge in [-0.05, 0) is 39.3 Å². The normalized spacial score (nSPS) is 24.6. The van der Waals surface area contributed by atoms with E-state index in [9.17, 15) is 14.7 Å². The molecule has 212 valence electrons. The van der Waals surface area contributed by atoms with Crippen LogP contribution in [0.15, 0.2) is 29.2 Å². The summed E-state index contributed by atoms with van der Waals surface area (Å²) in [6.45, 7) is 8.02. The molecule has 3 aliphatic heterocycles. The minimum atomic E-state index is -0.867. The number of hydrogen-bond acceptors (Lipinski definition) is 9. The van der Waals surface area contributed by atoms with Crippen LogP contribution in [0.5, 0.6) is 0 Å². The molecular weight excluding hydrogens is 538 g/mol. The Morgan fingerprint density at radius 2 is 2.02 bits per heavy atom. The lowest BCUT2D eigenvalue weighted by atomic mass is 10.0. The van der Waals surface area contributed by atoms with Gasteiger partial charge in [0.1, 0.15) is 11.8 Å². The highest BCUT2D eigenvalue weighted by Crippen LogP contribution is 2.33. The predicted molar refractivity (Wildman–Crippen MR) is 149 cm³/mol. The second-order valence-corrected chi connectivity index (χ2v) is 11.1. The maximum Gasteiger partial charge on any atom is 0.271 e. The Labute approximate surface area is 236 Å². The van der Waals surface area contributed by atoms with Crippen LogP contribution >= 0.6 is 11.6 Å². The largest absolute Gasteiger partial charge is 0.386 e. The molecule has 0 spiro atoms. The number of nitrogens with one attached hydrogen (secondary N) is 1. The number of carbonyl (C=O) groups excluding carboxylic acids is 1. The quantitative estimate of drug-likeness (QED) is 0.476. The summed E-state index contributed by atoms with van der Waals surface area (Å²) in [6, 6.07) is 4.95. The number of rotatable bonds is 5. The first-order chi connectivity index (χ1) is 19.2. The molecule has 3 aromatic rings. The van der Waals surface area contributed by atoms with E-state index in [0.29, 0.717) is 83.7 Å². The van der Waals surface area contributed by atoms with E-state index < -0.39 is 12.4 Å². The number of amides is 1. The van der Waals surface area contributed by atoms with E-state index in [2.05, 4.69) is 15.3 Å². The summed E-state index contributed by atoms with van der Waals surface area (Å²) in [4.78, 5) is 37.9. The van der Waals surface area contributed by atoms with Crippen LogP contribution in [0.3, 0.4) is 0 Å². The van der Waals surface area contributed by atoms with E-state index in [-0.39, 0.29) is 29.5 Å². The molecule has 3 saturated heterocycles. The highest BCUT2D eigenvalue weighted by atomic mass is 35.5. The maximum absolute atomic E-state index is 13.7. The lowest BCUT2D eigenvalue weighted by molar-refractivity contribution is -0.156. The van der Waals surface area contributed by atoms with Crippen molar-refractivity contribution in [2.45, 2.75) is 57.8 Å². The first-order valence-corrected chi connectivity index (χ1v) is 13.9. The minimum absolute atomic E-state index is 0.0937. The second-order valence-electron chi connectivity index (χ2n) is 10.7. The SMILES string of the molecule is Cc1c(C(=O)N2CCOCC2)n(C(C)C)c2cc(-c3nc(N[C@@H]4C[C@H]5CO[C@H](O5)[C@H]4O)ncc3Cl)ccc2c1=O. The number of carbonyl (C=O) groups is 1. The molecular formula is C28H32ClN5O6. The van der Waals surface area contributed by atoms with E-state index in [1.807, 2.05) is 24.5 Å². The fraction of sp³-hybridized carbons (Fsp3) is 0.500. The van der Waals surface area contributed by atoms with Gasteiger partial charge < -0.3 is 34.1 Å². The van der Waals surface area contributed by atoms with Crippen LogP contribution in [0.4, 0.5) is 5.95 Å². The van der Waals surface area contributed by atoms with Gasteiger partial charge in [-0.15, -0.1) is 0 Å². The number of halogens is 1. The van der Waals surface area contributed by atoms with E-state index in [0.717, 1.165) is 0 Å². The molecule has 3 fully saturated rings. The fourth-order valence-corrected chi connectivity index (χ4v) is 5.93. The summed E-state index contributed by atoms with van der Waals surface area (Å²) in [5.41, 5.74) is 2.37. The number of benzene rings is 1. The topological polar surface area (TPSA) is 128 Å². The number of pyridine rings is 1. The van der Waals surface area contributed by atoms with Gasteiger partial charge in [0.25, 0.3) is 5.91 Å². The zero-order valence-electron chi connectivity index (χ0n) is 22.6. The molecule has 11 nitrogen and oxygen atoms in total. The fourth-order valence-electron chi connectivity index (χ4n) is 5.73. The second kappa shape index (κ2) is 10.7. The monoisotopic (exact) mass is 569 g/mol. The lowest BCUT2D eigenvalue weighted by Gasteiger charge is -2.32. The number of anilines is 1. The Balaban J connectivity index is 1.42. The summed E-state index contributed by atoms with van der Waals surface area (Å²) in [6.07, 6.45) is 0.423. The molecule has 5 heterocycles. The number of aromatic nitrogens is 3. The smallest absolute Gasteiger partial charge is 0.271 e. The van der Waals surface area contributed by atoms with Crippen molar-refractivity contribution >= 4 is 34.4 Å². The van der Waals surface area contributed by atoms with E-state index in [1.165, 1.54) is 6.20 Å². The van der Waals surface area contributed by atoms with E-state index >= 15 is 0 Å². The number of hydrogen-bond donors (Lipinski definition) is 2. The molecule has 0 radical (unpaired) electrons. The average molecular weight is 570 g/mol.